The van der Waals surface area contributed by atoms with Crippen molar-refractivity contribution in [1.29, 1.82) is 0 Å². The molecule has 0 saturated heterocycles. The van der Waals surface area contributed by atoms with E-state index in [1.807, 2.05) is 12.1 Å². The van der Waals surface area contributed by atoms with Crippen molar-refractivity contribution in [1.82, 2.24) is 0 Å². The third-order valence-corrected chi connectivity index (χ3v) is 4.01. The molecular weight excluding hydrogens is 334 g/mol. The third kappa shape index (κ3) is 2.06. The quantitative estimate of drug-likeness (QED) is 0.902. The molecule has 5 heteroatoms. The van der Waals surface area contributed by atoms with Gasteiger partial charge < -0.3 is 5.11 Å². The fourth-order valence-corrected chi connectivity index (χ4v) is 2.92. The molecule has 0 aliphatic carbocycles. The van der Waals surface area contributed by atoms with Crippen LogP contribution in [0.25, 0.3) is 5.70 Å². The van der Waals surface area contributed by atoms with Gasteiger partial charge in [-0.1, -0.05) is 24.8 Å². The zero-order valence-electron chi connectivity index (χ0n) is 10.8. The van der Waals surface area contributed by atoms with Gasteiger partial charge in [-0.05, 0) is 40.2 Å². The number of carboxylic acids is 1. The Labute approximate surface area is 129 Å². The summed E-state index contributed by atoms with van der Waals surface area (Å²) in [6.07, 6.45) is 0. The van der Waals surface area contributed by atoms with Crippen molar-refractivity contribution in [3.63, 3.8) is 0 Å². The number of carbonyl (C=O) groups is 2. The summed E-state index contributed by atoms with van der Waals surface area (Å²) in [4.78, 5) is 25.0. The molecule has 0 saturated carbocycles. The highest BCUT2D eigenvalue weighted by molar-refractivity contribution is 9.10. The molecule has 4 nitrogen and oxygen atoms in total. The lowest BCUT2D eigenvalue weighted by Crippen LogP contribution is -2.22. The van der Waals surface area contributed by atoms with Gasteiger partial charge in [0.15, 0.2) is 0 Å². The van der Waals surface area contributed by atoms with Crippen LogP contribution in [0.2, 0.25) is 0 Å². The highest BCUT2D eigenvalue weighted by atomic mass is 79.9. The predicted octanol–water partition coefficient (Wildman–Crippen LogP) is 3.78. The van der Waals surface area contributed by atoms with Crippen LogP contribution in [0.5, 0.6) is 0 Å². The van der Waals surface area contributed by atoms with Crippen LogP contribution in [0.1, 0.15) is 26.3 Å². The number of benzene rings is 2. The lowest BCUT2D eigenvalue weighted by atomic mass is 10.1. The van der Waals surface area contributed by atoms with E-state index < -0.39 is 5.97 Å². The second kappa shape index (κ2) is 4.86. The Morgan fingerprint density at radius 3 is 2.38 bits per heavy atom. The Kier molecular flexibility index (Phi) is 3.14. The molecule has 0 unspecified atom stereocenters. The summed E-state index contributed by atoms with van der Waals surface area (Å²) in [7, 11) is 0. The molecule has 1 aliphatic heterocycles. The highest BCUT2D eigenvalue weighted by Crippen LogP contribution is 2.39. The predicted molar refractivity (Wildman–Crippen MR) is 83.4 cm³/mol. The monoisotopic (exact) mass is 343 g/mol. The number of carboxylic acid groups (broad SMARTS) is 1. The molecule has 1 N–H and O–H groups in total. The molecule has 21 heavy (non-hydrogen) atoms. The van der Waals surface area contributed by atoms with Crippen LogP contribution >= 0.6 is 15.9 Å². The van der Waals surface area contributed by atoms with Crippen molar-refractivity contribution in [2.45, 2.75) is 0 Å². The number of rotatable bonds is 2. The van der Waals surface area contributed by atoms with E-state index in [1.165, 1.54) is 17.0 Å². The summed E-state index contributed by atoms with van der Waals surface area (Å²) in [5, 5.41) is 8.99. The van der Waals surface area contributed by atoms with Gasteiger partial charge in [0, 0.05) is 15.6 Å². The lowest BCUT2D eigenvalue weighted by molar-refractivity contribution is 0.0696. The third-order valence-electron chi connectivity index (χ3n) is 3.38. The minimum absolute atomic E-state index is 0.153. The van der Waals surface area contributed by atoms with Crippen LogP contribution in [0.3, 0.4) is 0 Å². The fraction of sp³-hybridized carbons (Fsp3) is 0. The standard InChI is InChI=1S/C16H10BrNO3/c1-9-11-4-2-3-5-12(11)15(19)18(9)14-7-6-10(16(20)21)8-13(14)17/h2-8H,1H2,(H,20,21). The van der Waals surface area contributed by atoms with Gasteiger partial charge >= 0.3 is 5.97 Å². The molecule has 104 valence electrons. The zero-order valence-corrected chi connectivity index (χ0v) is 12.4. The summed E-state index contributed by atoms with van der Waals surface area (Å²) >= 11 is 3.33. The molecule has 0 fully saturated rings. The molecule has 1 aliphatic rings. The van der Waals surface area contributed by atoms with Gasteiger partial charge in [0.2, 0.25) is 0 Å². The smallest absolute Gasteiger partial charge is 0.335 e. The first-order valence-corrected chi connectivity index (χ1v) is 6.95. The minimum atomic E-state index is -1.02. The van der Waals surface area contributed by atoms with E-state index >= 15 is 0 Å². The van der Waals surface area contributed by atoms with Crippen molar-refractivity contribution in [2.24, 2.45) is 0 Å². The Bertz CT molecular complexity index is 763. The minimum Gasteiger partial charge on any atom is -0.478 e. The number of hydrogen-bond acceptors (Lipinski definition) is 2. The Morgan fingerprint density at radius 1 is 1.14 bits per heavy atom. The van der Waals surface area contributed by atoms with Crippen molar-refractivity contribution in [3.05, 3.63) is 70.2 Å². The Hall–Kier alpha value is -2.40. The Morgan fingerprint density at radius 2 is 1.81 bits per heavy atom. The molecule has 0 radical (unpaired) electrons. The van der Waals surface area contributed by atoms with Gasteiger partial charge in [0.25, 0.3) is 5.91 Å². The summed E-state index contributed by atoms with van der Waals surface area (Å²) in [6, 6.07) is 11.8. The molecule has 0 aromatic heterocycles. The molecule has 0 spiro atoms. The van der Waals surface area contributed by atoms with E-state index in [4.69, 9.17) is 5.11 Å². The largest absolute Gasteiger partial charge is 0.478 e. The first-order chi connectivity index (χ1) is 10.0. The van der Waals surface area contributed by atoms with Gasteiger partial charge in [0.05, 0.1) is 16.9 Å². The number of halogens is 1. The van der Waals surface area contributed by atoms with Gasteiger partial charge in [-0.15, -0.1) is 0 Å². The summed E-state index contributed by atoms with van der Waals surface area (Å²) < 4.78 is 0.532. The van der Waals surface area contributed by atoms with E-state index in [0.29, 0.717) is 21.4 Å². The topological polar surface area (TPSA) is 57.6 Å². The van der Waals surface area contributed by atoms with Crippen LogP contribution in [0.4, 0.5) is 5.69 Å². The number of aromatic carboxylic acids is 1. The number of anilines is 1. The van der Waals surface area contributed by atoms with Crippen molar-refractivity contribution < 1.29 is 14.7 Å². The summed E-state index contributed by atoms with van der Waals surface area (Å²) in [5.41, 5.74) is 2.69. The van der Waals surface area contributed by atoms with E-state index in [9.17, 15) is 9.59 Å². The van der Waals surface area contributed by atoms with Crippen molar-refractivity contribution in [2.75, 3.05) is 4.90 Å². The molecule has 0 atom stereocenters. The number of nitrogens with zero attached hydrogens (tertiary/aromatic N) is 1. The lowest BCUT2D eigenvalue weighted by Gasteiger charge is -2.19. The zero-order chi connectivity index (χ0) is 15.1. The Balaban J connectivity index is 2.09. The highest BCUT2D eigenvalue weighted by Gasteiger charge is 2.32. The maximum absolute atomic E-state index is 12.5. The normalized spacial score (nSPS) is 13.5. The summed E-state index contributed by atoms with van der Waals surface area (Å²) in [5.74, 6) is -1.18. The maximum atomic E-state index is 12.5. The molecule has 1 amide bonds. The molecule has 2 aromatic carbocycles. The molecule has 2 aromatic rings. The average molecular weight is 344 g/mol. The SMILES string of the molecule is C=C1c2ccccc2C(=O)N1c1ccc(C(=O)O)cc1Br. The molecular formula is C16H10BrNO3. The average Bonchev–Trinajstić information content (AvgIpc) is 2.72. The van der Waals surface area contributed by atoms with Crippen LogP contribution in [0, 0.1) is 0 Å². The van der Waals surface area contributed by atoms with Gasteiger partial charge in [0.1, 0.15) is 0 Å². The van der Waals surface area contributed by atoms with E-state index in [0.717, 1.165) is 5.56 Å². The first kappa shape index (κ1) is 13.6. The van der Waals surface area contributed by atoms with E-state index in [2.05, 4.69) is 22.5 Å². The number of hydrogen-bond donors (Lipinski definition) is 1. The first-order valence-electron chi connectivity index (χ1n) is 6.16. The second-order valence-corrected chi connectivity index (χ2v) is 5.46. The van der Waals surface area contributed by atoms with Gasteiger partial charge in [-0.25, -0.2) is 4.79 Å². The maximum Gasteiger partial charge on any atom is 0.335 e. The van der Waals surface area contributed by atoms with E-state index in [-0.39, 0.29) is 11.5 Å². The second-order valence-electron chi connectivity index (χ2n) is 4.60. The van der Waals surface area contributed by atoms with E-state index in [1.54, 1.807) is 18.2 Å². The number of carbonyl (C=O) groups excluding carboxylic acids is 1. The number of amides is 1. The van der Waals surface area contributed by atoms with Crippen LogP contribution in [0.15, 0.2) is 53.5 Å². The molecule has 3 rings (SSSR count). The van der Waals surface area contributed by atoms with Crippen molar-refractivity contribution in [3.8, 4) is 0 Å². The van der Waals surface area contributed by atoms with Crippen LogP contribution in [-0.4, -0.2) is 17.0 Å². The van der Waals surface area contributed by atoms with Crippen molar-refractivity contribution >= 4 is 39.2 Å². The summed E-state index contributed by atoms with van der Waals surface area (Å²) in [6.45, 7) is 3.97. The number of fused-ring (bicyclic) bond motifs is 1. The van der Waals surface area contributed by atoms with Crippen LogP contribution < -0.4 is 4.90 Å². The van der Waals surface area contributed by atoms with Gasteiger partial charge in [-0.2, -0.15) is 0 Å². The fourth-order valence-electron chi connectivity index (χ4n) is 2.36. The van der Waals surface area contributed by atoms with Crippen LogP contribution in [-0.2, 0) is 0 Å². The molecule has 0 bridgehead atoms. The van der Waals surface area contributed by atoms with Gasteiger partial charge in [-0.3, -0.25) is 9.69 Å². The molecule has 1 heterocycles.